The summed E-state index contributed by atoms with van der Waals surface area (Å²) < 4.78 is 4.98. The Balaban J connectivity index is 3.32. The third-order valence-electron chi connectivity index (χ3n) is 2.32. The van der Waals surface area contributed by atoms with Crippen molar-refractivity contribution in [2.24, 2.45) is 0 Å². The molecule has 0 radical (unpaired) electrons. The number of rotatable bonds is 8. The van der Waals surface area contributed by atoms with Gasteiger partial charge in [0, 0.05) is 12.8 Å². The van der Waals surface area contributed by atoms with Crippen molar-refractivity contribution in [2.75, 3.05) is 6.61 Å². The molecule has 0 fully saturated rings. The quantitative estimate of drug-likeness (QED) is 0.357. The van der Waals surface area contributed by atoms with Crippen LogP contribution >= 0.6 is 0 Å². The van der Waals surface area contributed by atoms with Gasteiger partial charge in [-0.3, -0.25) is 4.79 Å². The molecule has 0 N–H and O–H groups in total. The van der Waals surface area contributed by atoms with Gasteiger partial charge in [0.1, 0.15) is 0 Å². The second-order valence-electron chi connectivity index (χ2n) is 3.93. The molecule has 0 rings (SSSR count). The van der Waals surface area contributed by atoms with Gasteiger partial charge >= 0.3 is 5.97 Å². The second-order valence-corrected chi connectivity index (χ2v) is 3.93. The molecule has 0 aliphatic rings. The molecule has 0 atom stereocenters. The van der Waals surface area contributed by atoms with Crippen LogP contribution in [-0.4, -0.2) is 12.6 Å². The predicted octanol–water partition coefficient (Wildman–Crippen LogP) is 3.69. The Morgan fingerprint density at radius 2 is 1.69 bits per heavy atom. The summed E-state index contributed by atoms with van der Waals surface area (Å²) in [7, 11) is 0. The lowest BCUT2D eigenvalue weighted by Gasteiger charge is -1.99. The molecule has 0 spiro atoms. The van der Waals surface area contributed by atoms with Gasteiger partial charge in [-0.25, -0.2) is 0 Å². The summed E-state index contributed by atoms with van der Waals surface area (Å²) in [5, 5.41) is 0. The Labute approximate surface area is 99.8 Å². The van der Waals surface area contributed by atoms with Crippen molar-refractivity contribution in [1.82, 2.24) is 0 Å². The first-order valence-electron chi connectivity index (χ1n) is 6.42. The summed E-state index contributed by atoms with van der Waals surface area (Å²) in [4.78, 5) is 11.2. The molecular formula is C14H24O2. The van der Waals surface area contributed by atoms with Gasteiger partial charge in [-0.05, 0) is 12.8 Å². The molecule has 0 aliphatic carbocycles. The number of unbranched alkanes of at least 4 members (excludes halogenated alkanes) is 5. The molecule has 92 valence electrons. The molecule has 0 saturated carbocycles. The smallest absolute Gasteiger partial charge is 0.306 e. The lowest BCUT2D eigenvalue weighted by Crippen LogP contribution is -2.04. The van der Waals surface area contributed by atoms with Crippen LogP contribution < -0.4 is 0 Å². The molecule has 0 saturated heterocycles. The molecule has 0 aromatic rings. The molecule has 0 amide bonds. The Morgan fingerprint density at radius 3 is 2.38 bits per heavy atom. The standard InChI is InChI=1S/C14H24O2/c1-3-5-7-8-9-11-13-16-14(15)12-10-6-4-2/h3-8,10,12-13H2,1-2H3. The van der Waals surface area contributed by atoms with Gasteiger partial charge in [-0.2, -0.15) is 0 Å². The molecule has 0 bridgehead atoms. The third kappa shape index (κ3) is 11.1. The Kier molecular flexibility index (Phi) is 11.4. The molecule has 0 aromatic heterocycles. The number of carbonyl (C=O) groups excluding carboxylic acids is 1. The van der Waals surface area contributed by atoms with Crippen molar-refractivity contribution in [3.05, 3.63) is 0 Å². The first-order valence-corrected chi connectivity index (χ1v) is 6.42. The molecule has 0 aliphatic heterocycles. The van der Waals surface area contributed by atoms with Crippen LogP contribution in [0.1, 0.15) is 65.2 Å². The van der Waals surface area contributed by atoms with Crippen LogP contribution in [0.3, 0.4) is 0 Å². The van der Waals surface area contributed by atoms with E-state index >= 15 is 0 Å². The summed E-state index contributed by atoms with van der Waals surface area (Å²) in [6, 6.07) is 0. The fourth-order valence-corrected chi connectivity index (χ4v) is 1.31. The zero-order valence-electron chi connectivity index (χ0n) is 10.7. The van der Waals surface area contributed by atoms with E-state index in [0.717, 1.165) is 32.1 Å². The number of hydrogen-bond acceptors (Lipinski definition) is 2. The van der Waals surface area contributed by atoms with Gasteiger partial charge in [-0.1, -0.05) is 51.4 Å². The first-order chi connectivity index (χ1) is 7.81. The van der Waals surface area contributed by atoms with E-state index in [9.17, 15) is 4.79 Å². The summed E-state index contributed by atoms with van der Waals surface area (Å²) in [5.41, 5.74) is 0. The van der Waals surface area contributed by atoms with Crippen LogP contribution in [0.25, 0.3) is 0 Å². The van der Waals surface area contributed by atoms with E-state index in [2.05, 4.69) is 25.7 Å². The second kappa shape index (κ2) is 12.1. The normalized spacial score (nSPS) is 9.38. The average Bonchev–Trinajstić information content (AvgIpc) is 2.28. The zero-order valence-corrected chi connectivity index (χ0v) is 10.7. The van der Waals surface area contributed by atoms with Gasteiger partial charge in [-0.15, -0.1) is 0 Å². The number of ether oxygens (including phenoxy) is 1. The third-order valence-corrected chi connectivity index (χ3v) is 2.32. The van der Waals surface area contributed by atoms with E-state index in [1.165, 1.54) is 12.8 Å². The molecule has 16 heavy (non-hydrogen) atoms. The Bertz CT molecular complexity index is 223. The lowest BCUT2D eigenvalue weighted by atomic mass is 10.2. The highest BCUT2D eigenvalue weighted by Crippen LogP contribution is 2.00. The van der Waals surface area contributed by atoms with E-state index in [1.54, 1.807) is 0 Å². The largest absolute Gasteiger partial charge is 0.452 e. The average molecular weight is 224 g/mol. The predicted molar refractivity (Wildman–Crippen MR) is 67.0 cm³/mol. The van der Waals surface area contributed by atoms with Gasteiger partial charge in [0.2, 0.25) is 0 Å². The Morgan fingerprint density at radius 1 is 1.00 bits per heavy atom. The minimum atomic E-state index is -0.115. The van der Waals surface area contributed by atoms with Crippen molar-refractivity contribution < 1.29 is 9.53 Å². The fraction of sp³-hybridized carbons (Fsp3) is 0.786. The van der Waals surface area contributed by atoms with Crippen molar-refractivity contribution in [2.45, 2.75) is 65.2 Å². The topological polar surface area (TPSA) is 26.3 Å². The van der Waals surface area contributed by atoms with Gasteiger partial charge in [0.15, 0.2) is 6.61 Å². The van der Waals surface area contributed by atoms with Crippen molar-refractivity contribution in [1.29, 1.82) is 0 Å². The monoisotopic (exact) mass is 224 g/mol. The van der Waals surface area contributed by atoms with E-state index in [1.807, 2.05) is 0 Å². The molecular weight excluding hydrogens is 200 g/mol. The summed E-state index contributed by atoms with van der Waals surface area (Å²) in [5.74, 6) is 5.77. The summed E-state index contributed by atoms with van der Waals surface area (Å²) >= 11 is 0. The van der Waals surface area contributed by atoms with Crippen molar-refractivity contribution in [3.8, 4) is 11.8 Å². The van der Waals surface area contributed by atoms with Crippen LogP contribution in [0.15, 0.2) is 0 Å². The van der Waals surface area contributed by atoms with Gasteiger partial charge in [0.25, 0.3) is 0 Å². The van der Waals surface area contributed by atoms with E-state index in [-0.39, 0.29) is 12.6 Å². The molecule has 0 heterocycles. The van der Waals surface area contributed by atoms with Crippen LogP contribution in [0.5, 0.6) is 0 Å². The van der Waals surface area contributed by atoms with Crippen molar-refractivity contribution >= 4 is 5.97 Å². The molecule has 0 unspecified atom stereocenters. The van der Waals surface area contributed by atoms with Crippen LogP contribution in [0.2, 0.25) is 0 Å². The zero-order chi connectivity index (χ0) is 12.1. The maximum atomic E-state index is 11.2. The van der Waals surface area contributed by atoms with Gasteiger partial charge < -0.3 is 4.74 Å². The van der Waals surface area contributed by atoms with Crippen LogP contribution in [0, 0.1) is 11.8 Å². The number of hydrogen-bond donors (Lipinski definition) is 0. The maximum absolute atomic E-state index is 11.2. The van der Waals surface area contributed by atoms with E-state index in [4.69, 9.17) is 4.74 Å². The van der Waals surface area contributed by atoms with Gasteiger partial charge in [0.05, 0.1) is 0 Å². The highest BCUT2D eigenvalue weighted by Gasteiger charge is 1.99. The molecule has 0 aromatic carbocycles. The summed E-state index contributed by atoms with van der Waals surface area (Å²) in [6.07, 6.45) is 8.20. The highest BCUT2D eigenvalue weighted by molar-refractivity contribution is 5.69. The number of carbonyl (C=O) groups is 1. The van der Waals surface area contributed by atoms with E-state index < -0.39 is 0 Å². The molecule has 2 nitrogen and oxygen atoms in total. The minimum Gasteiger partial charge on any atom is -0.452 e. The minimum absolute atomic E-state index is 0.115. The van der Waals surface area contributed by atoms with Crippen LogP contribution in [-0.2, 0) is 9.53 Å². The maximum Gasteiger partial charge on any atom is 0.306 e. The number of esters is 1. The van der Waals surface area contributed by atoms with Crippen molar-refractivity contribution in [3.63, 3.8) is 0 Å². The fourth-order valence-electron chi connectivity index (χ4n) is 1.31. The summed E-state index contributed by atoms with van der Waals surface area (Å²) in [6.45, 7) is 4.55. The highest BCUT2D eigenvalue weighted by atomic mass is 16.5. The SMILES string of the molecule is CCCCCC#CCOC(=O)CCCCC. The lowest BCUT2D eigenvalue weighted by molar-refractivity contribution is -0.142. The van der Waals surface area contributed by atoms with E-state index in [0.29, 0.717) is 6.42 Å². The first kappa shape index (κ1) is 15.0. The molecule has 2 heteroatoms. The Hall–Kier alpha value is -0.970. The van der Waals surface area contributed by atoms with Crippen LogP contribution in [0.4, 0.5) is 0 Å².